The SMILES string of the molecule is Cc1cccc(=[N+]2CCOCC2)o1. The monoisotopic (exact) mass is 180 g/mol. The fourth-order valence-corrected chi connectivity index (χ4v) is 1.45. The summed E-state index contributed by atoms with van der Waals surface area (Å²) in [6.45, 7) is 5.40. The molecule has 3 heteroatoms. The zero-order valence-electron chi connectivity index (χ0n) is 7.82. The van der Waals surface area contributed by atoms with Crippen molar-refractivity contribution in [2.24, 2.45) is 0 Å². The van der Waals surface area contributed by atoms with Gasteiger partial charge in [-0.2, -0.15) is 4.58 Å². The molecule has 0 aliphatic carbocycles. The molecular weight excluding hydrogens is 166 g/mol. The lowest BCUT2D eigenvalue weighted by molar-refractivity contribution is 0.0920. The van der Waals surface area contributed by atoms with E-state index in [0.29, 0.717) is 0 Å². The highest BCUT2D eigenvalue weighted by Crippen LogP contribution is 1.90. The van der Waals surface area contributed by atoms with Gasteiger partial charge in [0.2, 0.25) is 0 Å². The lowest BCUT2D eigenvalue weighted by atomic mass is 10.4. The van der Waals surface area contributed by atoms with Gasteiger partial charge in [0.05, 0.1) is 6.07 Å². The number of hydrogen-bond donors (Lipinski definition) is 0. The van der Waals surface area contributed by atoms with Crippen LogP contribution in [0.4, 0.5) is 0 Å². The predicted molar refractivity (Wildman–Crippen MR) is 49.3 cm³/mol. The Morgan fingerprint density at radius 1 is 1.23 bits per heavy atom. The fraction of sp³-hybridized carbons (Fsp3) is 0.500. The number of morpholine rings is 1. The van der Waals surface area contributed by atoms with E-state index in [1.165, 1.54) is 0 Å². The van der Waals surface area contributed by atoms with Crippen LogP contribution in [-0.2, 0) is 4.74 Å². The first-order valence-corrected chi connectivity index (χ1v) is 4.59. The Hall–Kier alpha value is -1.09. The molecule has 13 heavy (non-hydrogen) atoms. The highest BCUT2D eigenvalue weighted by atomic mass is 16.5. The summed E-state index contributed by atoms with van der Waals surface area (Å²) in [6, 6.07) is 5.98. The summed E-state index contributed by atoms with van der Waals surface area (Å²) < 4.78 is 13.1. The molecule has 3 nitrogen and oxygen atoms in total. The van der Waals surface area contributed by atoms with Gasteiger partial charge in [0.1, 0.15) is 19.0 Å². The molecule has 1 aliphatic heterocycles. The van der Waals surface area contributed by atoms with E-state index in [1.54, 1.807) is 0 Å². The van der Waals surface area contributed by atoms with Crippen LogP contribution in [0.15, 0.2) is 22.6 Å². The highest BCUT2D eigenvalue weighted by Gasteiger charge is 2.12. The van der Waals surface area contributed by atoms with Gasteiger partial charge < -0.3 is 9.15 Å². The minimum Gasteiger partial charge on any atom is -0.410 e. The molecule has 0 spiro atoms. The van der Waals surface area contributed by atoms with Crippen LogP contribution in [0.2, 0.25) is 0 Å². The fourth-order valence-electron chi connectivity index (χ4n) is 1.45. The number of nitrogens with zero attached hydrogens (tertiary/aromatic N) is 1. The molecule has 1 aromatic rings. The topological polar surface area (TPSA) is 25.4 Å². The second-order valence-electron chi connectivity index (χ2n) is 3.18. The smallest absolute Gasteiger partial charge is 0.367 e. The zero-order valence-corrected chi connectivity index (χ0v) is 7.82. The van der Waals surface area contributed by atoms with Gasteiger partial charge >= 0.3 is 5.55 Å². The average Bonchev–Trinajstić information content (AvgIpc) is 2.19. The van der Waals surface area contributed by atoms with Gasteiger partial charge in [0.15, 0.2) is 13.1 Å². The molecule has 1 fully saturated rings. The van der Waals surface area contributed by atoms with Gasteiger partial charge in [-0.1, -0.05) is 0 Å². The molecule has 1 saturated heterocycles. The van der Waals surface area contributed by atoms with Crippen molar-refractivity contribution in [2.75, 3.05) is 26.3 Å². The number of hydrogen-bond acceptors (Lipinski definition) is 2. The van der Waals surface area contributed by atoms with E-state index < -0.39 is 0 Å². The Morgan fingerprint density at radius 3 is 2.69 bits per heavy atom. The van der Waals surface area contributed by atoms with E-state index >= 15 is 0 Å². The predicted octanol–water partition coefficient (Wildman–Crippen LogP) is 0.390. The summed E-state index contributed by atoms with van der Waals surface area (Å²) in [5.74, 6) is 0.948. The van der Waals surface area contributed by atoms with Crippen LogP contribution in [0.3, 0.4) is 0 Å². The summed E-state index contributed by atoms with van der Waals surface area (Å²) in [5.41, 5.74) is 0.948. The highest BCUT2D eigenvalue weighted by molar-refractivity contribution is 4.96. The normalized spacial score (nSPS) is 17.5. The van der Waals surface area contributed by atoms with Crippen LogP contribution in [0.5, 0.6) is 0 Å². The quantitative estimate of drug-likeness (QED) is 0.540. The molecule has 2 rings (SSSR count). The van der Waals surface area contributed by atoms with Crippen molar-refractivity contribution in [1.82, 2.24) is 4.58 Å². The summed E-state index contributed by atoms with van der Waals surface area (Å²) in [4.78, 5) is 0. The Morgan fingerprint density at radius 2 is 2.00 bits per heavy atom. The van der Waals surface area contributed by atoms with Gasteiger partial charge in [0, 0.05) is 0 Å². The third-order valence-corrected chi connectivity index (χ3v) is 2.16. The van der Waals surface area contributed by atoms with E-state index in [-0.39, 0.29) is 0 Å². The van der Waals surface area contributed by atoms with Crippen molar-refractivity contribution in [3.05, 3.63) is 29.5 Å². The first-order valence-electron chi connectivity index (χ1n) is 4.59. The van der Waals surface area contributed by atoms with Gasteiger partial charge in [-0.05, 0) is 19.1 Å². The first kappa shape index (κ1) is 8.51. The Labute approximate surface area is 77.3 Å². The number of aryl methyl sites for hydroxylation is 1. The molecule has 2 heterocycles. The van der Waals surface area contributed by atoms with Crippen LogP contribution >= 0.6 is 0 Å². The Bertz CT molecular complexity index is 346. The van der Waals surface area contributed by atoms with Crippen molar-refractivity contribution >= 4 is 0 Å². The molecule has 0 aromatic carbocycles. The summed E-state index contributed by atoms with van der Waals surface area (Å²) in [5, 5.41) is 0. The minimum atomic E-state index is 0.795. The molecule has 1 aromatic heterocycles. The Balaban J connectivity index is 2.40. The lowest BCUT2D eigenvalue weighted by Gasteiger charge is -2.09. The third kappa shape index (κ3) is 1.98. The molecule has 0 atom stereocenters. The molecule has 70 valence electrons. The maximum atomic E-state index is 5.59. The number of rotatable bonds is 0. The van der Waals surface area contributed by atoms with Crippen molar-refractivity contribution in [3.8, 4) is 0 Å². The minimum absolute atomic E-state index is 0.795. The van der Waals surface area contributed by atoms with E-state index in [0.717, 1.165) is 37.6 Å². The van der Waals surface area contributed by atoms with Crippen LogP contribution in [0.1, 0.15) is 5.76 Å². The molecular formula is C10H14NO2+. The second kappa shape index (κ2) is 3.75. The van der Waals surface area contributed by atoms with Crippen molar-refractivity contribution in [1.29, 1.82) is 0 Å². The summed E-state index contributed by atoms with van der Waals surface area (Å²) in [7, 11) is 0. The van der Waals surface area contributed by atoms with Gasteiger partial charge in [-0.3, -0.25) is 0 Å². The van der Waals surface area contributed by atoms with Crippen molar-refractivity contribution in [2.45, 2.75) is 6.92 Å². The van der Waals surface area contributed by atoms with Crippen molar-refractivity contribution in [3.63, 3.8) is 0 Å². The molecule has 0 N–H and O–H groups in total. The standard InChI is InChI=1S/C10H14NO2/c1-9-3-2-4-10(13-9)11-5-7-12-8-6-11/h2-4H,5-8H2,1H3/q+1. The molecule has 0 unspecified atom stereocenters. The molecule has 0 radical (unpaired) electrons. The van der Waals surface area contributed by atoms with Crippen LogP contribution < -0.4 is 10.1 Å². The van der Waals surface area contributed by atoms with E-state index in [2.05, 4.69) is 4.58 Å². The lowest BCUT2D eigenvalue weighted by Crippen LogP contribution is -2.39. The largest absolute Gasteiger partial charge is 0.410 e. The van der Waals surface area contributed by atoms with Crippen molar-refractivity contribution < 1.29 is 9.15 Å². The van der Waals surface area contributed by atoms with E-state index in [1.807, 2.05) is 25.1 Å². The third-order valence-electron chi connectivity index (χ3n) is 2.16. The molecule has 1 aliphatic rings. The van der Waals surface area contributed by atoms with Gasteiger partial charge in [-0.25, -0.2) is 0 Å². The average molecular weight is 180 g/mol. The maximum absolute atomic E-state index is 5.59. The van der Waals surface area contributed by atoms with E-state index in [4.69, 9.17) is 9.15 Å². The Kier molecular flexibility index (Phi) is 2.45. The molecule has 0 saturated carbocycles. The van der Waals surface area contributed by atoms with E-state index in [9.17, 15) is 0 Å². The molecule has 0 bridgehead atoms. The number of ether oxygens (including phenoxy) is 1. The summed E-state index contributed by atoms with van der Waals surface area (Å²) >= 11 is 0. The van der Waals surface area contributed by atoms with Crippen LogP contribution in [0.25, 0.3) is 0 Å². The second-order valence-corrected chi connectivity index (χ2v) is 3.18. The molecule has 0 amide bonds. The van der Waals surface area contributed by atoms with Gasteiger partial charge in [-0.15, -0.1) is 0 Å². The van der Waals surface area contributed by atoms with Crippen LogP contribution in [-0.4, -0.2) is 26.3 Å². The first-order chi connectivity index (χ1) is 6.36. The maximum Gasteiger partial charge on any atom is 0.367 e. The van der Waals surface area contributed by atoms with Crippen LogP contribution in [0, 0.1) is 6.92 Å². The summed E-state index contributed by atoms with van der Waals surface area (Å²) in [6.07, 6.45) is 0. The van der Waals surface area contributed by atoms with Gasteiger partial charge in [0.25, 0.3) is 0 Å². The zero-order chi connectivity index (χ0) is 9.10.